The fourth-order valence-electron chi connectivity index (χ4n) is 1.26. The van der Waals surface area contributed by atoms with Crippen LogP contribution in [0.4, 0.5) is 0 Å². The zero-order chi connectivity index (χ0) is 14.4. The second-order valence-corrected chi connectivity index (χ2v) is 4.42. The lowest BCUT2D eigenvalue weighted by Gasteiger charge is -2.05. The van der Waals surface area contributed by atoms with Crippen LogP contribution in [0.1, 0.15) is 5.76 Å². The standard InChI is InChI=1S/C13H9Cl2NO4/c14-9-3-4-12(11(15)6-9)19-8-13(17)20-16-7-10-2-1-5-18-10/h1-7H,8H2. The topological polar surface area (TPSA) is 61.0 Å². The van der Waals surface area contributed by atoms with Crippen molar-refractivity contribution in [3.8, 4) is 5.75 Å². The Kier molecular flexibility index (Phi) is 5.03. The number of rotatable bonds is 5. The van der Waals surface area contributed by atoms with Crippen molar-refractivity contribution in [2.75, 3.05) is 6.61 Å². The van der Waals surface area contributed by atoms with Gasteiger partial charge < -0.3 is 14.0 Å². The Morgan fingerprint density at radius 1 is 1.35 bits per heavy atom. The third-order valence-electron chi connectivity index (χ3n) is 2.12. The van der Waals surface area contributed by atoms with Gasteiger partial charge in [-0.05, 0) is 30.3 Å². The van der Waals surface area contributed by atoms with Crippen LogP contribution in [0.15, 0.2) is 46.2 Å². The van der Waals surface area contributed by atoms with Crippen molar-refractivity contribution in [3.05, 3.63) is 52.4 Å². The van der Waals surface area contributed by atoms with Crippen molar-refractivity contribution in [1.82, 2.24) is 0 Å². The maximum absolute atomic E-state index is 11.4. The summed E-state index contributed by atoms with van der Waals surface area (Å²) in [6.45, 7) is -0.323. The van der Waals surface area contributed by atoms with E-state index in [0.29, 0.717) is 21.6 Å². The zero-order valence-corrected chi connectivity index (χ0v) is 11.6. The molecule has 7 heteroatoms. The molecule has 1 aromatic carbocycles. The predicted octanol–water partition coefficient (Wildman–Crippen LogP) is 3.54. The number of carbonyl (C=O) groups is 1. The summed E-state index contributed by atoms with van der Waals surface area (Å²) in [5.41, 5.74) is 0. The minimum absolute atomic E-state index is 0.310. The van der Waals surface area contributed by atoms with Gasteiger partial charge in [0.15, 0.2) is 6.61 Å². The van der Waals surface area contributed by atoms with Crippen LogP contribution in [0, 0.1) is 0 Å². The lowest BCUT2D eigenvalue weighted by molar-refractivity contribution is -0.145. The van der Waals surface area contributed by atoms with E-state index in [-0.39, 0.29) is 6.61 Å². The summed E-state index contributed by atoms with van der Waals surface area (Å²) >= 11 is 11.6. The predicted molar refractivity (Wildman–Crippen MR) is 74.4 cm³/mol. The zero-order valence-electron chi connectivity index (χ0n) is 10.1. The summed E-state index contributed by atoms with van der Waals surface area (Å²) in [5.74, 6) is 0.140. The van der Waals surface area contributed by atoms with E-state index in [2.05, 4.69) is 9.99 Å². The van der Waals surface area contributed by atoms with Crippen LogP contribution in [0.2, 0.25) is 10.0 Å². The summed E-state index contributed by atoms with van der Waals surface area (Å²) in [6, 6.07) is 8.03. The number of hydrogen-bond acceptors (Lipinski definition) is 5. The highest BCUT2D eigenvalue weighted by atomic mass is 35.5. The Bertz CT molecular complexity index is 611. The van der Waals surface area contributed by atoms with Crippen molar-refractivity contribution >= 4 is 35.4 Å². The molecule has 104 valence electrons. The van der Waals surface area contributed by atoms with Crippen molar-refractivity contribution in [2.24, 2.45) is 5.16 Å². The number of oxime groups is 1. The van der Waals surface area contributed by atoms with Gasteiger partial charge in [0, 0.05) is 5.02 Å². The fraction of sp³-hybridized carbons (Fsp3) is 0.0769. The minimum atomic E-state index is -0.668. The molecule has 0 fully saturated rings. The maximum Gasteiger partial charge on any atom is 0.372 e. The molecule has 0 amide bonds. The molecular weight excluding hydrogens is 305 g/mol. The fourth-order valence-corrected chi connectivity index (χ4v) is 1.72. The molecule has 1 aromatic heterocycles. The molecule has 0 unspecified atom stereocenters. The van der Waals surface area contributed by atoms with E-state index < -0.39 is 5.97 Å². The van der Waals surface area contributed by atoms with E-state index in [9.17, 15) is 4.79 Å². The first-order valence-electron chi connectivity index (χ1n) is 5.50. The molecule has 0 aliphatic heterocycles. The van der Waals surface area contributed by atoms with Crippen LogP contribution < -0.4 is 4.74 Å². The number of carbonyl (C=O) groups excluding carboxylic acids is 1. The molecule has 0 aliphatic carbocycles. The summed E-state index contributed by atoms with van der Waals surface area (Å²) in [6.07, 6.45) is 2.75. The molecule has 1 heterocycles. The van der Waals surface area contributed by atoms with Crippen molar-refractivity contribution in [1.29, 1.82) is 0 Å². The molecular formula is C13H9Cl2NO4. The summed E-state index contributed by atoms with van der Waals surface area (Å²) in [7, 11) is 0. The normalized spacial score (nSPS) is 10.7. The first kappa shape index (κ1) is 14.4. The summed E-state index contributed by atoms with van der Waals surface area (Å²) in [5, 5.41) is 4.25. The minimum Gasteiger partial charge on any atom is -0.480 e. The summed E-state index contributed by atoms with van der Waals surface area (Å²) in [4.78, 5) is 15.9. The monoisotopic (exact) mass is 313 g/mol. The molecule has 20 heavy (non-hydrogen) atoms. The van der Waals surface area contributed by atoms with Crippen molar-refractivity contribution < 1.29 is 18.8 Å². The van der Waals surface area contributed by atoms with E-state index >= 15 is 0 Å². The van der Waals surface area contributed by atoms with Crippen molar-refractivity contribution in [3.63, 3.8) is 0 Å². The highest BCUT2D eigenvalue weighted by Gasteiger charge is 2.07. The van der Waals surface area contributed by atoms with Crippen LogP contribution >= 0.6 is 23.2 Å². The molecule has 2 rings (SSSR count). The van der Waals surface area contributed by atoms with Crippen LogP contribution in [-0.4, -0.2) is 18.8 Å². The number of nitrogens with zero attached hydrogens (tertiary/aromatic N) is 1. The van der Waals surface area contributed by atoms with Gasteiger partial charge in [-0.3, -0.25) is 0 Å². The second-order valence-electron chi connectivity index (χ2n) is 3.58. The lowest BCUT2D eigenvalue weighted by atomic mass is 10.3. The Morgan fingerprint density at radius 3 is 2.90 bits per heavy atom. The number of benzene rings is 1. The van der Waals surface area contributed by atoms with Gasteiger partial charge in [0.1, 0.15) is 17.7 Å². The van der Waals surface area contributed by atoms with Crippen LogP contribution in [0.3, 0.4) is 0 Å². The van der Waals surface area contributed by atoms with Gasteiger partial charge in [0.05, 0.1) is 11.3 Å². The van der Waals surface area contributed by atoms with Crippen molar-refractivity contribution in [2.45, 2.75) is 0 Å². The van der Waals surface area contributed by atoms with Gasteiger partial charge in [0.2, 0.25) is 0 Å². The van der Waals surface area contributed by atoms with E-state index in [1.54, 1.807) is 24.3 Å². The molecule has 0 atom stereocenters. The van der Waals surface area contributed by atoms with Crippen LogP contribution in [-0.2, 0) is 9.63 Å². The molecule has 0 aliphatic rings. The molecule has 0 saturated carbocycles. The third-order valence-corrected chi connectivity index (χ3v) is 2.65. The highest BCUT2D eigenvalue weighted by Crippen LogP contribution is 2.27. The summed E-state index contributed by atoms with van der Waals surface area (Å²) < 4.78 is 10.1. The van der Waals surface area contributed by atoms with Gasteiger partial charge in [-0.15, -0.1) is 0 Å². The number of halogens is 2. The maximum atomic E-state index is 11.4. The van der Waals surface area contributed by atoms with Crippen LogP contribution in [0.5, 0.6) is 5.75 Å². The molecule has 5 nitrogen and oxygen atoms in total. The van der Waals surface area contributed by atoms with E-state index in [4.69, 9.17) is 32.4 Å². The van der Waals surface area contributed by atoms with Crippen LogP contribution in [0.25, 0.3) is 0 Å². The van der Waals surface area contributed by atoms with Gasteiger partial charge in [0.25, 0.3) is 0 Å². The first-order chi connectivity index (χ1) is 9.65. The molecule has 2 aromatic rings. The number of hydrogen-bond donors (Lipinski definition) is 0. The Balaban J connectivity index is 1.80. The average Bonchev–Trinajstić information content (AvgIpc) is 2.91. The molecule has 0 radical (unpaired) electrons. The second kappa shape index (κ2) is 6.98. The number of ether oxygens (including phenoxy) is 1. The van der Waals surface area contributed by atoms with Gasteiger partial charge in [-0.1, -0.05) is 28.4 Å². The van der Waals surface area contributed by atoms with Gasteiger partial charge in [-0.25, -0.2) is 4.79 Å². The third kappa shape index (κ3) is 4.29. The lowest BCUT2D eigenvalue weighted by Crippen LogP contribution is -2.12. The average molecular weight is 314 g/mol. The Hall–Kier alpha value is -1.98. The van der Waals surface area contributed by atoms with Gasteiger partial charge in [-0.2, -0.15) is 0 Å². The van der Waals surface area contributed by atoms with E-state index in [1.807, 2.05) is 0 Å². The molecule has 0 saturated heterocycles. The Morgan fingerprint density at radius 2 is 2.20 bits per heavy atom. The quantitative estimate of drug-likeness (QED) is 0.481. The molecule has 0 N–H and O–H groups in total. The number of furan rings is 1. The van der Waals surface area contributed by atoms with E-state index in [1.165, 1.54) is 18.5 Å². The Labute approximate surface area is 124 Å². The van der Waals surface area contributed by atoms with Gasteiger partial charge >= 0.3 is 5.97 Å². The van der Waals surface area contributed by atoms with E-state index in [0.717, 1.165) is 0 Å². The SMILES string of the molecule is O=C(COc1ccc(Cl)cc1Cl)ON=Cc1ccco1. The largest absolute Gasteiger partial charge is 0.480 e. The smallest absolute Gasteiger partial charge is 0.372 e. The highest BCUT2D eigenvalue weighted by molar-refractivity contribution is 6.35. The molecule has 0 bridgehead atoms. The molecule has 0 spiro atoms. The first-order valence-corrected chi connectivity index (χ1v) is 6.25.